The van der Waals surface area contributed by atoms with E-state index in [-0.39, 0.29) is 11.8 Å². The average Bonchev–Trinajstić information content (AvgIpc) is 3.14. The zero-order valence-electron chi connectivity index (χ0n) is 14.6. The quantitative estimate of drug-likeness (QED) is 0.764. The van der Waals surface area contributed by atoms with Crippen LogP contribution in [0.4, 0.5) is 0 Å². The lowest BCUT2D eigenvalue weighted by molar-refractivity contribution is -0.132. The molecule has 0 N–H and O–H groups in total. The van der Waals surface area contributed by atoms with Gasteiger partial charge in [-0.05, 0) is 30.9 Å². The van der Waals surface area contributed by atoms with Crippen molar-refractivity contribution in [1.82, 2.24) is 20.0 Å². The molecule has 1 fully saturated rings. The topological polar surface area (TPSA) is 81.4 Å². The molecule has 1 amide bonds. The number of aromatic nitrogens is 3. The maximum Gasteiger partial charge on any atom is 0.231 e. The number of rotatable bonds is 7. The van der Waals surface area contributed by atoms with Crippen LogP contribution in [0.2, 0.25) is 0 Å². The molecule has 0 unspecified atom stereocenters. The Kier molecular flexibility index (Phi) is 6.11. The number of ether oxygens (including phenoxy) is 1. The Morgan fingerprint density at radius 2 is 2.36 bits per heavy atom. The summed E-state index contributed by atoms with van der Waals surface area (Å²) >= 11 is 0. The highest BCUT2D eigenvalue weighted by atomic mass is 16.5. The summed E-state index contributed by atoms with van der Waals surface area (Å²) < 4.78 is 10.4. The summed E-state index contributed by atoms with van der Waals surface area (Å²) in [4.78, 5) is 23.0. The normalized spacial score (nSPS) is 17.6. The second kappa shape index (κ2) is 8.71. The van der Waals surface area contributed by atoms with Crippen molar-refractivity contribution in [3.05, 3.63) is 41.8 Å². The molecule has 1 atom stereocenters. The van der Waals surface area contributed by atoms with E-state index in [0.29, 0.717) is 37.7 Å². The van der Waals surface area contributed by atoms with E-state index in [0.717, 1.165) is 31.4 Å². The lowest BCUT2D eigenvalue weighted by Crippen LogP contribution is -2.39. The van der Waals surface area contributed by atoms with Crippen molar-refractivity contribution in [2.75, 3.05) is 26.8 Å². The number of hydrogen-bond acceptors (Lipinski definition) is 6. The van der Waals surface area contributed by atoms with Gasteiger partial charge in [0.2, 0.25) is 11.8 Å². The number of hydrogen-bond donors (Lipinski definition) is 0. The number of amides is 1. The molecule has 1 aliphatic rings. The standard InChI is InChI=1S/C18H24N4O3/c1-24-11-8-16-20-18(25-21-16)15-5-3-10-22(13-15)17(23)7-6-14-4-2-9-19-12-14/h2,4,9,12,15H,3,5-8,10-11,13H2,1H3/t15-/m0/s1. The molecule has 0 radical (unpaired) electrons. The van der Waals surface area contributed by atoms with Gasteiger partial charge in [-0.3, -0.25) is 9.78 Å². The van der Waals surface area contributed by atoms with Gasteiger partial charge < -0.3 is 14.2 Å². The zero-order chi connectivity index (χ0) is 17.5. The Balaban J connectivity index is 1.53. The predicted octanol–water partition coefficient (Wildman–Crippen LogP) is 1.99. The van der Waals surface area contributed by atoms with Gasteiger partial charge in [-0.1, -0.05) is 11.2 Å². The van der Waals surface area contributed by atoms with Crippen LogP contribution in [0.15, 0.2) is 29.0 Å². The fourth-order valence-electron chi connectivity index (χ4n) is 3.09. The summed E-state index contributed by atoms with van der Waals surface area (Å²) in [6, 6.07) is 3.90. The number of nitrogens with zero attached hydrogens (tertiary/aromatic N) is 4. The van der Waals surface area contributed by atoms with E-state index in [9.17, 15) is 4.79 Å². The molecule has 3 rings (SSSR count). The first-order chi connectivity index (χ1) is 12.3. The van der Waals surface area contributed by atoms with E-state index >= 15 is 0 Å². The van der Waals surface area contributed by atoms with E-state index in [1.807, 2.05) is 23.2 Å². The molecular weight excluding hydrogens is 320 g/mol. The minimum absolute atomic E-state index is 0.125. The van der Waals surface area contributed by atoms with E-state index in [1.165, 1.54) is 0 Å². The summed E-state index contributed by atoms with van der Waals surface area (Å²) in [5, 5.41) is 4.00. The second-order valence-corrected chi connectivity index (χ2v) is 6.33. The third-order valence-corrected chi connectivity index (χ3v) is 4.49. The first-order valence-corrected chi connectivity index (χ1v) is 8.74. The number of carbonyl (C=O) groups excluding carboxylic acids is 1. The smallest absolute Gasteiger partial charge is 0.231 e. The van der Waals surface area contributed by atoms with Crippen LogP contribution in [0.5, 0.6) is 0 Å². The number of aryl methyl sites for hydroxylation is 1. The Hall–Kier alpha value is -2.28. The zero-order valence-corrected chi connectivity index (χ0v) is 14.6. The summed E-state index contributed by atoms with van der Waals surface area (Å²) in [7, 11) is 1.65. The van der Waals surface area contributed by atoms with Gasteiger partial charge in [0.25, 0.3) is 0 Å². The first kappa shape index (κ1) is 17.5. The number of carbonyl (C=O) groups is 1. The summed E-state index contributed by atoms with van der Waals surface area (Å²) in [5.74, 6) is 1.60. The third kappa shape index (κ3) is 4.85. The third-order valence-electron chi connectivity index (χ3n) is 4.49. The van der Waals surface area contributed by atoms with Crippen molar-refractivity contribution in [1.29, 1.82) is 0 Å². The molecule has 2 aromatic heterocycles. The van der Waals surface area contributed by atoms with Crippen molar-refractivity contribution < 1.29 is 14.1 Å². The summed E-state index contributed by atoms with van der Waals surface area (Å²) in [6.07, 6.45) is 7.34. The largest absolute Gasteiger partial charge is 0.384 e. The van der Waals surface area contributed by atoms with Crippen LogP contribution in [0, 0.1) is 0 Å². The van der Waals surface area contributed by atoms with Gasteiger partial charge in [0.15, 0.2) is 5.82 Å². The number of pyridine rings is 1. The van der Waals surface area contributed by atoms with Gasteiger partial charge in [0.05, 0.1) is 12.5 Å². The Morgan fingerprint density at radius 3 is 3.16 bits per heavy atom. The minimum atomic E-state index is 0.125. The van der Waals surface area contributed by atoms with Gasteiger partial charge >= 0.3 is 0 Å². The van der Waals surface area contributed by atoms with Crippen molar-refractivity contribution in [2.45, 2.75) is 38.0 Å². The first-order valence-electron chi connectivity index (χ1n) is 8.74. The van der Waals surface area contributed by atoms with Gasteiger partial charge in [-0.2, -0.15) is 4.98 Å². The van der Waals surface area contributed by atoms with Crippen molar-refractivity contribution >= 4 is 5.91 Å². The number of methoxy groups -OCH3 is 1. The molecule has 25 heavy (non-hydrogen) atoms. The number of likely N-dealkylation sites (tertiary alicyclic amines) is 1. The van der Waals surface area contributed by atoms with Gasteiger partial charge in [-0.15, -0.1) is 0 Å². The van der Waals surface area contributed by atoms with Crippen molar-refractivity contribution in [2.24, 2.45) is 0 Å². The van der Waals surface area contributed by atoms with Gasteiger partial charge in [0.1, 0.15) is 0 Å². The molecule has 0 saturated carbocycles. The molecule has 0 spiro atoms. The van der Waals surface area contributed by atoms with Crippen molar-refractivity contribution in [3.63, 3.8) is 0 Å². The average molecular weight is 344 g/mol. The summed E-state index contributed by atoms with van der Waals surface area (Å²) in [6.45, 7) is 2.02. The molecule has 0 aliphatic carbocycles. The summed E-state index contributed by atoms with van der Waals surface area (Å²) in [5.41, 5.74) is 1.09. The minimum Gasteiger partial charge on any atom is -0.384 e. The highest BCUT2D eigenvalue weighted by molar-refractivity contribution is 5.76. The molecule has 1 aliphatic heterocycles. The maximum atomic E-state index is 12.5. The lowest BCUT2D eigenvalue weighted by Gasteiger charge is -2.31. The number of piperidine rings is 1. The lowest BCUT2D eigenvalue weighted by atomic mass is 9.97. The fourth-order valence-corrected chi connectivity index (χ4v) is 3.09. The second-order valence-electron chi connectivity index (χ2n) is 6.33. The fraction of sp³-hybridized carbons (Fsp3) is 0.556. The van der Waals surface area contributed by atoms with E-state index < -0.39 is 0 Å². The molecule has 3 heterocycles. The van der Waals surface area contributed by atoms with Crippen LogP contribution in [0.3, 0.4) is 0 Å². The van der Waals surface area contributed by atoms with Crippen LogP contribution < -0.4 is 0 Å². The van der Waals surface area contributed by atoms with Crippen molar-refractivity contribution in [3.8, 4) is 0 Å². The van der Waals surface area contributed by atoms with E-state index in [4.69, 9.17) is 9.26 Å². The van der Waals surface area contributed by atoms with E-state index in [2.05, 4.69) is 15.1 Å². The Labute approximate surface area is 147 Å². The van der Waals surface area contributed by atoms with Crippen LogP contribution in [-0.2, 0) is 22.4 Å². The van der Waals surface area contributed by atoms with Crippen LogP contribution in [0.1, 0.15) is 42.5 Å². The predicted molar refractivity (Wildman–Crippen MR) is 91.0 cm³/mol. The molecule has 2 aromatic rings. The van der Waals surface area contributed by atoms with Gasteiger partial charge in [-0.25, -0.2) is 0 Å². The van der Waals surface area contributed by atoms with Crippen LogP contribution in [-0.4, -0.2) is 52.7 Å². The molecular formula is C18H24N4O3. The maximum absolute atomic E-state index is 12.5. The Morgan fingerprint density at radius 1 is 1.44 bits per heavy atom. The monoisotopic (exact) mass is 344 g/mol. The molecule has 7 nitrogen and oxygen atoms in total. The molecule has 134 valence electrons. The highest BCUT2D eigenvalue weighted by Crippen LogP contribution is 2.26. The Bertz CT molecular complexity index is 674. The molecule has 0 bridgehead atoms. The molecule has 7 heteroatoms. The van der Waals surface area contributed by atoms with E-state index in [1.54, 1.807) is 13.3 Å². The van der Waals surface area contributed by atoms with Gasteiger partial charge in [0, 0.05) is 45.4 Å². The molecule has 0 aromatic carbocycles. The SMILES string of the molecule is COCCc1noc([C@H]2CCCN(C(=O)CCc3cccnc3)C2)n1. The van der Waals surface area contributed by atoms with Crippen LogP contribution >= 0.6 is 0 Å². The molecule has 1 saturated heterocycles. The van der Waals surface area contributed by atoms with Crippen LogP contribution in [0.25, 0.3) is 0 Å². The highest BCUT2D eigenvalue weighted by Gasteiger charge is 2.28.